The van der Waals surface area contributed by atoms with Crippen molar-refractivity contribution < 1.29 is 4.79 Å². The van der Waals surface area contributed by atoms with E-state index in [-0.39, 0.29) is 6.03 Å². The number of rotatable bonds is 5. The highest BCUT2D eigenvalue weighted by molar-refractivity contribution is 8.00. The number of benzene rings is 1. The van der Waals surface area contributed by atoms with Crippen molar-refractivity contribution in [3.8, 4) is 0 Å². The summed E-state index contributed by atoms with van der Waals surface area (Å²) < 4.78 is 0. The predicted molar refractivity (Wildman–Crippen MR) is 89.2 cm³/mol. The molecule has 4 nitrogen and oxygen atoms in total. The number of likely N-dealkylation sites (tertiary alicyclic amines) is 1. The lowest BCUT2D eigenvalue weighted by Crippen LogP contribution is -2.41. The van der Waals surface area contributed by atoms with Gasteiger partial charge in [0.05, 0.1) is 0 Å². The van der Waals surface area contributed by atoms with Gasteiger partial charge in [-0.3, -0.25) is 0 Å². The van der Waals surface area contributed by atoms with E-state index in [1.54, 1.807) is 0 Å². The Morgan fingerprint density at radius 3 is 2.81 bits per heavy atom. The van der Waals surface area contributed by atoms with Crippen molar-refractivity contribution in [1.82, 2.24) is 15.1 Å². The molecule has 1 heterocycles. The summed E-state index contributed by atoms with van der Waals surface area (Å²) in [6, 6.07) is 7.94. The zero-order valence-electron chi connectivity index (χ0n) is 12.5. The fraction of sp³-hybridized carbons (Fsp3) is 0.533. The smallest absolute Gasteiger partial charge is 0.317 e. The molecule has 0 radical (unpaired) electrons. The zero-order valence-corrected chi connectivity index (χ0v) is 14.1. The molecule has 1 aliphatic heterocycles. The number of carbonyl (C=O) groups is 1. The van der Waals surface area contributed by atoms with E-state index in [1.165, 1.54) is 4.90 Å². The summed E-state index contributed by atoms with van der Waals surface area (Å²) in [7, 11) is 4.00. The Labute approximate surface area is 135 Å². The topological polar surface area (TPSA) is 35.6 Å². The van der Waals surface area contributed by atoms with E-state index in [0.717, 1.165) is 31.1 Å². The van der Waals surface area contributed by atoms with Gasteiger partial charge in [-0.2, -0.15) is 0 Å². The van der Waals surface area contributed by atoms with Crippen LogP contribution >= 0.6 is 23.4 Å². The van der Waals surface area contributed by atoms with E-state index >= 15 is 0 Å². The lowest BCUT2D eigenvalue weighted by atomic mass is 10.4. The second-order valence-corrected chi connectivity index (χ2v) is 7.27. The number of nitrogens with one attached hydrogen (secondary N) is 1. The van der Waals surface area contributed by atoms with Crippen LogP contribution in [0.3, 0.4) is 0 Å². The van der Waals surface area contributed by atoms with E-state index in [9.17, 15) is 4.79 Å². The summed E-state index contributed by atoms with van der Waals surface area (Å²) in [5.74, 6) is 0. The molecular weight excluding hydrogens is 306 g/mol. The van der Waals surface area contributed by atoms with Crippen LogP contribution in [-0.4, -0.2) is 61.4 Å². The Morgan fingerprint density at radius 1 is 1.43 bits per heavy atom. The second kappa shape index (κ2) is 7.92. The first kappa shape index (κ1) is 16.5. The van der Waals surface area contributed by atoms with Gasteiger partial charge in [0, 0.05) is 41.3 Å². The molecule has 2 amide bonds. The van der Waals surface area contributed by atoms with Gasteiger partial charge in [0.15, 0.2) is 0 Å². The first-order valence-electron chi connectivity index (χ1n) is 7.14. The predicted octanol–water partition coefficient (Wildman–Crippen LogP) is 2.78. The first-order valence-corrected chi connectivity index (χ1v) is 8.40. The lowest BCUT2D eigenvalue weighted by molar-refractivity contribution is 0.207. The molecule has 1 aromatic rings. The Bertz CT molecular complexity index is 466. The number of hydrogen-bond donors (Lipinski definition) is 1. The Kier molecular flexibility index (Phi) is 6.21. The van der Waals surface area contributed by atoms with Crippen LogP contribution in [0, 0.1) is 0 Å². The van der Waals surface area contributed by atoms with E-state index in [1.807, 2.05) is 55.0 Å². The van der Waals surface area contributed by atoms with Gasteiger partial charge in [0.1, 0.15) is 0 Å². The number of nitrogens with zero attached hydrogens (tertiary/aromatic N) is 2. The molecule has 0 aliphatic carbocycles. The van der Waals surface area contributed by atoms with Crippen molar-refractivity contribution in [2.45, 2.75) is 16.6 Å². The van der Waals surface area contributed by atoms with Gasteiger partial charge in [-0.25, -0.2) is 4.79 Å². The third-order valence-electron chi connectivity index (χ3n) is 3.38. The van der Waals surface area contributed by atoms with Crippen LogP contribution in [0.4, 0.5) is 4.79 Å². The second-order valence-electron chi connectivity index (χ2n) is 5.46. The molecule has 1 atom stereocenters. The summed E-state index contributed by atoms with van der Waals surface area (Å²) in [5, 5.41) is 4.19. The number of amides is 2. The van der Waals surface area contributed by atoms with E-state index in [2.05, 4.69) is 10.2 Å². The number of likely N-dealkylation sites (N-methyl/N-ethyl adjacent to an activating group) is 1. The third-order valence-corrected chi connectivity index (χ3v) is 4.90. The van der Waals surface area contributed by atoms with Crippen LogP contribution in [0.1, 0.15) is 6.42 Å². The van der Waals surface area contributed by atoms with Crippen LogP contribution in [0.2, 0.25) is 5.02 Å². The quantitative estimate of drug-likeness (QED) is 0.903. The maximum absolute atomic E-state index is 12.0. The Morgan fingerprint density at radius 2 is 2.14 bits per heavy atom. The molecular formula is C15H22ClN3OS. The molecule has 1 aromatic carbocycles. The number of carbonyl (C=O) groups excluding carboxylic acids is 1. The molecule has 0 saturated carbocycles. The minimum Gasteiger partial charge on any atom is -0.337 e. The summed E-state index contributed by atoms with van der Waals surface area (Å²) >= 11 is 7.71. The summed E-state index contributed by atoms with van der Waals surface area (Å²) in [4.78, 5) is 17.2. The van der Waals surface area contributed by atoms with Gasteiger partial charge < -0.3 is 15.1 Å². The molecule has 0 bridgehead atoms. The highest BCUT2D eigenvalue weighted by atomic mass is 35.5. The lowest BCUT2D eigenvalue weighted by Gasteiger charge is -2.18. The zero-order chi connectivity index (χ0) is 15.2. The van der Waals surface area contributed by atoms with Gasteiger partial charge in [-0.05, 0) is 44.8 Å². The van der Waals surface area contributed by atoms with Gasteiger partial charge in [0.2, 0.25) is 0 Å². The number of thioether (sulfide) groups is 1. The van der Waals surface area contributed by atoms with E-state index in [0.29, 0.717) is 11.8 Å². The standard InChI is InChI=1S/C15H22ClN3OS/c1-18(2)10-8-17-15(20)19-9-7-14(11-19)21-13-5-3-12(16)4-6-13/h3-6,14H,7-11H2,1-2H3,(H,17,20). The van der Waals surface area contributed by atoms with Gasteiger partial charge in [-0.15, -0.1) is 11.8 Å². The van der Waals surface area contributed by atoms with E-state index < -0.39 is 0 Å². The molecule has 1 N–H and O–H groups in total. The monoisotopic (exact) mass is 327 g/mol. The summed E-state index contributed by atoms with van der Waals surface area (Å²) in [5.41, 5.74) is 0. The third kappa shape index (κ3) is 5.41. The van der Waals surface area contributed by atoms with Crippen molar-refractivity contribution in [3.63, 3.8) is 0 Å². The van der Waals surface area contributed by atoms with Crippen LogP contribution in [-0.2, 0) is 0 Å². The molecule has 2 rings (SSSR count). The highest BCUT2D eigenvalue weighted by Crippen LogP contribution is 2.30. The normalized spacial score (nSPS) is 18.3. The maximum Gasteiger partial charge on any atom is 0.317 e. The molecule has 1 fully saturated rings. The molecule has 1 saturated heterocycles. The summed E-state index contributed by atoms with van der Waals surface area (Å²) in [6.45, 7) is 3.19. The molecule has 6 heteroatoms. The van der Waals surface area contributed by atoms with Crippen LogP contribution in [0.5, 0.6) is 0 Å². The fourth-order valence-corrected chi connectivity index (χ4v) is 3.49. The fourth-order valence-electron chi connectivity index (χ4n) is 2.21. The summed E-state index contributed by atoms with van der Waals surface area (Å²) in [6.07, 6.45) is 1.04. The van der Waals surface area contributed by atoms with Crippen LogP contribution in [0.15, 0.2) is 29.2 Å². The average molecular weight is 328 g/mol. The SMILES string of the molecule is CN(C)CCNC(=O)N1CCC(Sc2ccc(Cl)cc2)C1. The number of halogens is 1. The molecule has 21 heavy (non-hydrogen) atoms. The maximum atomic E-state index is 12.0. The van der Waals surface area contributed by atoms with Crippen molar-refractivity contribution in [2.24, 2.45) is 0 Å². The van der Waals surface area contributed by atoms with Gasteiger partial charge in [-0.1, -0.05) is 11.6 Å². The van der Waals surface area contributed by atoms with Crippen molar-refractivity contribution in [2.75, 3.05) is 40.3 Å². The van der Waals surface area contributed by atoms with Crippen LogP contribution < -0.4 is 5.32 Å². The number of urea groups is 1. The minimum absolute atomic E-state index is 0.0519. The number of hydrogen-bond acceptors (Lipinski definition) is 3. The molecule has 0 spiro atoms. The average Bonchev–Trinajstić information content (AvgIpc) is 2.89. The molecule has 1 aliphatic rings. The van der Waals surface area contributed by atoms with Gasteiger partial charge in [0.25, 0.3) is 0 Å². The highest BCUT2D eigenvalue weighted by Gasteiger charge is 2.26. The molecule has 1 unspecified atom stereocenters. The Hall–Kier alpha value is -0.910. The molecule has 0 aromatic heterocycles. The minimum atomic E-state index is 0.0519. The van der Waals surface area contributed by atoms with E-state index in [4.69, 9.17) is 11.6 Å². The molecule has 116 valence electrons. The van der Waals surface area contributed by atoms with Crippen LogP contribution in [0.25, 0.3) is 0 Å². The van der Waals surface area contributed by atoms with Crippen molar-refractivity contribution in [3.05, 3.63) is 29.3 Å². The Balaban J connectivity index is 1.75. The largest absolute Gasteiger partial charge is 0.337 e. The van der Waals surface area contributed by atoms with Gasteiger partial charge >= 0.3 is 6.03 Å². The van der Waals surface area contributed by atoms with Crippen molar-refractivity contribution >= 4 is 29.4 Å². The van der Waals surface area contributed by atoms with Crippen molar-refractivity contribution in [1.29, 1.82) is 0 Å². The first-order chi connectivity index (χ1) is 10.0.